The largest absolute Gasteiger partial charge is 0.352 e. The monoisotopic (exact) mass is 148 g/mol. The van der Waals surface area contributed by atoms with Crippen molar-refractivity contribution in [3.8, 4) is 0 Å². The molecule has 0 saturated carbocycles. The maximum absolute atomic E-state index is 10.0. The number of carbonyl (C=O) groups excluding carboxylic acids is 1. The van der Waals surface area contributed by atoms with Gasteiger partial charge in [-0.2, -0.15) is 0 Å². The van der Waals surface area contributed by atoms with E-state index in [0.29, 0.717) is 11.6 Å². The molecule has 0 aromatic rings. The van der Waals surface area contributed by atoms with Crippen LogP contribution in [0.3, 0.4) is 0 Å². The van der Waals surface area contributed by atoms with Crippen LogP contribution < -0.4 is 11.1 Å². The van der Waals surface area contributed by atoms with Crippen molar-refractivity contribution in [2.24, 2.45) is 5.73 Å². The van der Waals surface area contributed by atoms with Crippen LogP contribution in [0, 0.1) is 0 Å². The number of nitrogens with one attached hydrogen (secondary N) is 1. The Morgan fingerprint density at radius 1 is 1.89 bits per heavy atom. The Bertz CT molecular complexity index is 129. The third-order valence-electron chi connectivity index (χ3n) is 0.660. The summed E-state index contributed by atoms with van der Waals surface area (Å²) in [5.41, 5.74) is 4.76. The molecule has 9 heavy (non-hydrogen) atoms. The summed E-state index contributed by atoms with van der Waals surface area (Å²) in [6.45, 7) is 2.12. The van der Waals surface area contributed by atoms with Crippen LogP contribution in [0.2, 0.25) is 0 Å². The maximum atomic E-state index is 10.0. The van der Waals surface area contributed by atoms with Crippen molar-refractivity contribution in [2.75, 3.05) is 6.54 Å². The normalized spacial score (nSPS) is 11.1. The highest BCUT2D eigenvalue weighted by Gasteiger charge is 1.85. The SMILES string of the molecule is C/C(Cl)=C\CNC(N)=O. The van der Waals surface area contributed by atoms with Crippen LogP contribution in [0.5, 0.6) is 0 Å². The van der Waals surface area contributed by atoms with E-state index in [4.69, 9.17) is 17.3 Å². The molecule has 0 atom stereocenters. The van der Waals surface area contributed by atoms with Crippen molar-refractivity contribution >= 4 is 17.6 Å². The van der Waals surface area contributed by atoms with Crippen LogP contribution in [-0.2, 0) is 0 Å². The van der Waals surface area contributed by atoms with Crippen LogP contribution in [-0.4, -0.2) is 12.6 Å². The number of primary amides is 1. The highest BCUT2D eigenvalue weighted by Crippen LogP contribution is 1.94. The van der Waals surface area contributed by atoms with Crippen LogP contribution in [0.15, 0.2) is 11.1 Å². The van der Waals surface area contributed by atoms with E-state index in [1.165, 1.54) is 0 Å². The van der Waals surface area contributed by atoms with Gasteiger partial charge in [0.2, 0.25) is 0 Å². The first-order valence-electron chi connectivity index (χ1n) is 2.48. The standard InChI is InChI=1S/C5H9ClN2O/c1-4(6)2-3-8-5(7)9/h2H,3H2,1H3,(H3,7,8,9)/b4-2+. The highest BCUT2D eigenvalue weighted by molar-refractivity contribution is 6.29. The lowest BCUT2D eigenvalue weighted by molar-refractivity contribution is 0.250. The van der Waals surface area contributed by atoms with Gasteiger partial charge in [0.25, 0.3) is 0 Å². The predicted molar refractivity (Wildman–Crippen MR) is 37.2 cm³/mol. The topological polar surface area (TPSA) is 55.1 Å². The molecule has 0 aromatic heterocycles. The van der Waals surface area contributed by atoms with Gasteiger partial charge in [0.1, 0.15) is 0 Å². The fraction of sp³-hybridized carbons (Fsp3) is 0.400. The van der Waals surface area contributed by atoms with Gasteiger partial charge in [-0.15, -0.1) is 0 Å². The molecule has 0 unspecified atom stereocenters. The average molecular weight is 149 g/mol. The molecule has 0 rings (SSSR count). The van der Waals surface area contributed by atoms with Crippen molar-refractivity contribution in [1.29, 1.82) is 0 Å². The van der Waals surface area contributed by atoms with E-state index >= 15 is 0 Å². The van der Waals surface area contributed by atoms with E-state index < -0.39 is 6.03 Å². The van der Waals surface area contributed by atoms with E-state index in [0.717, 1.165) is 0 Å². The molecule has 0 aliphatic rings. The minimum Gasteiger partial charge on any atom is -0.352 e. The van der Waals surface area contributed by atoms with Crippen molar-refractivity contribution in [2.45, 2.75) is 6.92 Å². The highest BCUT2D eigenvalue weighted by atomic mass is 35.5. The van der Waals surface area contributed by atoms with Gasteiger partial charge in [0.15, 0.2) is 0 Å². The number of nitrogens with two attached hydrogens (primary N) is 1. The predicted octanol–water partition coefficient (Wildman–Crippen LogP) is 0.797. The average Bonchev–Trinajstić information content (AvgIpc) is 1.63. The lowest BCUT2D eigenvalue weighted by Crippen LogP contribution is -2.29. The Hall–Kier alpha value is -0.700. The Morgan fingerprint density at radius 2 is 2.44 bits per heavy atom. The molecule has 4 heteroatoms. The van der Waals surface area contributed by atoms with Crippen molar-refractivity contribution in [1.82, 2.24) is 5.32 Å². The van der Waals surface area contributed by atoms with Gasteiger partial charge in [-0.3, -0.25) is 0 Å². The molecule has 0 radical (unpaired) electrons. The minimum absolute atomic E-state index is 0.394. The van der Waals surface area contributed by atoms with Crippen LogP contribution in [0.25, 0.3) is 0 Å². The lowest BCUT2D eigenvalue weighted by Gasteiger charge is -1.93. The molecule has 0 aromatic carbocycles. The molecule has 2 amide bonds. The number of hydrogen-bond donors (Lipinski definition) is 2. The van der Waals surface area contributed by atoms with Crippen LogP contribution >= 0.6 is 11.6 Å². The van der Waals surface area contributed by atoms with Gasteiger partial charge in [-0.1, -0.05) is 17.7 Å². The first-order chi connectivity index (χ1) is 4.13. The van der Waals surface area contributed by atoms with Gasteiger partial charge >= 0.3 is 6.03 Å². The van der Waals surface area contributed by atoms with E-state index in [1.54, 1.807) is 13.0 Å². The fourth-order valence-corrected chi connectivity index (χ4v) is 0.369. The summed E-state index contributed by atoms with van der Waals surface area (Å²) >= 11 is 5.43. The third-order valence-corrected chi connectivity index (χ3v) is 0.814. The molecule has 0 bridgehead atoms. The summed E-state index contributed by atoms with van der Waals surface area (Å²) < 4.78 is 0. The number of carbonyl (C=O) groups is 1. The summed E-state index contributed by atoms with van der Waals surface area (Å²) in [5, 5.41) is 3.00. The minimum atomic E-state index is -0.538. The van der Waals surface area contributed by atoms with Crippen molar-refractivity contribution in [3.63, 3.8) is 0 Å². The molecule has 0 fully saturated rings. The van der Waals surface area contributed by atoms with E-state index in [2.05, 4.69) is 5.32 Å². The molecule has 0 aliphatic heterocycles. The number of amides is 2. The first kappa shape index (κ1) is 8.30. The quantitative estimate of drug-likeness (QED) is 0.598. The van der Waals surface area contributed by atoms with Gasteiger partial charge in [0, 0.05) is 11.6 Å². The van der Waals surface area contributed by atoms with Crippen molar-refractivity contribution in [3.05, 3.63) is 11.1 Å². The first-order valence-corrected chi connectivity index (χ1v) is 2.86. The molecule has 0 heterocycles. The Balaban J connectivity index is 3.31. The summed E-state index contributed by atoms with van der Waals surface area (Å²) in [7, 11) is 0. The van der Waals surface area contributed by atoms with E-state index in [9.17, 15) is 4.79 Å². The molecule has 0 aliphatic carbocycles. The molecular formula is C5H9ClN2O. The molecule has 3 N–H and O–H groups in total. The summed E-state index contributed by atoms with van der Waals surface area (Å²) in [5.74, 6) is 0. The molecule has 52 valence electrons. The lowest BCUT2D eigenvalue weighted by atomic mass is 10.5. The molecular weight excluding hydrogens is 140 g/mol. The second-order valence-electron chi connectivity index (χ2n) is 1.54. The summed E-state index contributed by atoms with van der Waals surface area (Å²) in [4.78, 5) is 10.0. The molecule has 0 spiro atoms. The van der Waals surface area contributed by atoms with E-state index in [1.807, 2.05) is 0 Å². The van der Waals surface area contributed by atoms with Gasteiger partial charge in [-0.05, 0) is 6.92 Å². The zero-order valence-electron chi connectivity index (χ0n) is 5.15. The second-order valence-corrected chi connectivity index (χ2v) is 2.13. The van der Waals surface area contributed by atoms with Gasteiger partial charge in [0.05, 0.1) is 0 Å². The summed E-state index contributed by atoms with van der Waals surface area (Å²) in [6, 6.07) is -0.538. The van der Waals surface area contributed by atoms with Gasteiger partial charge < -0.3 is 11.1 Å². The maximum Gasteiger partial charge on any atom is 0.312 e. The van der Waals surface area contributed by atoms with E-state index in [-0.39, 0.29) is 0 Å². The zero-order chi connectivity index (χ0) is 7.28. The number of halogens is 1. The van der Waals surface area contributed by atoms with Crippen LogP contribution in [0.4, 0.5) is 4.79 Å². The second kappa shape index (κ2) is 4.21. The zero-order valence-corrected chi connectivity index (χ0v) is 5.90. The fourth-order valence-electron chi connectivity index (χ4n) is 0.292. The number of urea groups is 1. The number of rotatable bonds is 2. The van der Waals surface area contributed by atoms with Gasteiger partial charge in [-0.25, -0.2) is 4.79 Å². The van der Waals surface area contributed by atoms with Crippen molar-refractivity contribution < 1.29 is 4.79 Å². The van der Waals surface area contributed by atoms with Crippen LogP contribution in [0.1, 0.15) is 6.92 Å². The third kappa shape index (κ3) is 7.30. The molecule has 3 nitrogen and oxygen atoms in total. The molecule has 0 saturated heterocycles. The number of allylic oxidation sites excluding steroid dienone is 1. The number of hydrogen-bond acceptors (Lipinski definition) is 1. The Morgan fingerprint density at radius 3 is 2.78 bits per heavy atom. The smallest absolute Gasteiger partial charge is 0.312 e. The Labute approximate surface area is 58.9 Å². The Kier molecular flexibility index (Phi) is 3.88. The summed E-state index contributed by atoms with van der Waals surface area (Å²) in [6.07, 6.45) is 1.66.